The van der Waals surface area contributed by atoms with Gasteiger partial charge in [0.25, 0.3) is 0 Å². The van der Waals surface area contributed by atoms with E-state index in [9.17, 15) is 4.79 Å². The number of esters is 1. The summed E-state index contributed by atoms with van der Waals surface area (Å²) >= 11 is 3.44. The lowest BCUT2D eigenvalue weighted by Crippen LogP contribution is -1.97. The molecule has 70 valence electrons. The van der Waals surface area contributed by atoms with E-state index in [1.165, 1.54) is 26.0 Å². The van der Waals surface area contributed by atoms with E-state index < -0.39 is 0 Å². The Balaban J connectivity index is 3.59. The van der Waals surface area contributed by atoms with Crippen molar-refractivity contribution in [2.75, 3.05) is 7.11 Å². The van der Waals surface area contributed by atoms with Crippen LogP contribution in [0, 0.1) is 0 Å². The second kappa shape index (κ2) is 7.35. The zero-order valence-corrected chi connectivity index (χ0v) is 9.13. The molecule has 0 aromatic rings. The molecule has 0 spiro atoms. The molecule has 2 nitrogen and oxygen atoms in total. The van der Waals surface area contributed by atoms with E-state index in [1.54, 1.807) is 0 Å². The predicted octanol–water partition coefficient (Wildman–Crippen LogP) is 2.67. The van der Waals surface area contributed by atoms with Crippen molar-refractivity contribution in [2.45, 2.75) is 31.0 Å². The van der Waals surface area contributed by atoms with Crippen LogP contribution in [0.3, 0.4) is 0 Å². The number of ether oxygens (including phenoxy) is 1. The molecule has 1 unspecified atom stereocenters. The predicted molar refractivity (Wildman–Crippen MR) is 53.4 cm³/mol. The van der Waals surface area contributed by atoms with Crippen LogP contribution in [0.2, 0.25) is 0 Å². The van der Waals surface area contributed by atoms with Crippen LogP contribution in [-0.4, -0.2) is 17.9 Å². The maximum atomic E-state index is 10.7. The number of carbonyl (C=O) groups is 1. The second-order valence-electron chi connectivity index (χ2n) is 2.54. The summed E-state index contributed by atoms with van der Waals surface area (Å²) in [6.45, 7) is 2.14. The fourth-order valence-corrected chi connectivity index (χ4v) is 1.22. The van der Waals surface area contributed by atoms with Gasteiger partial charge in [0.1, 0.15) is 0 Å². The number of hydrogen-bond donors (Lipinski definition) is 0. The Hall–Kier alpha value is -0.310. The maximum absolute atomic E-state index is 10.7. The van der Waals surface area contributed by atoms with E-state index in [4.69, 9.17) is 0 Å². The Morgan fingerprint density at radius 1 is 1.67 bits per heavy atom. The topological polar surface area (TPSA) is 26.3 Å². The van der Waals surface area contributed by atoms with E-state index in [2.05, 4.69) is 27.6 Å². The first-order chi connectivity index (χ1) is 5.70. The van der Waals surface area contributed by atoms with Crippen molar-refractivity contribution in [1.29, 1.82) is 0 Å². The molecular weight excluding hydrogens is 220 g/mol. The van der Waals surface area contributed by atoms with Gasteiger partial charge in [0.2, 0.25) is 0 Å². The molecule has 0 aliphatic heterocycles. The molecule has 0 rings (SSSR count). The van der Waals surface area contributed by atoms with Gasteiger partial charge in [0.05, 0.1) is 7.11 Å². The first-order valence-corrected chi connectivity index (χ1v) is 5.02. The molecule has 12 heavy (non-hydrogen) atoms. The highest BCUT2D eigenvalue weighted by Gasteiger charge is 1.99. The summed E-state index contributed by atoms with van der Waals surface area (Å²) in [7, 11) is 1.38. The number of alkyl halides is 1. The molecule has 0 aromatic carbocycles. The molecule has 0 aromatic heterocycles. The van der Waals surface area contributed by atoms with Gasteiger partial charge >= 0.3 is 5.97 Å². The minimum Gasteiger partial charge on any atom is -0.466 e. The fraction of sp³-hybridized carbons (Fsp3) is 0.667. The van der Waals surface area contributed by atoms with Crippen LogP contribution in [0.5, 0.6) is 0 Å². The smallest absolute Gasteiger partial charge is 0.330 e. The van der Waals surface area contributed by atoms with E-state index in [0.717, 1.165) is 6.42 Å². The number of carbonyl (C=O) groups excluding carboxylic acids is 1. The molecule has 3 heteroatoms. The summed E-state index contributed by atoms with van der Waals surface area (Å²) < 4.78 is 4.46. The van der Waals surface area contributed by atoms with Gasteiger partial charge in [0, 0.05) is 10.9 Å². The average molecular weight is 235 g/mol. The van der Waals surface area contributed by atoms with Gasteiger partial charge in [-0.2, -0.15) is 0 Å². The molecule has 0 saturated heterocycles. The Kier molecular flexibility index (Phi) is 7.16. The third kappa shape index (κ3) is 6.40. The third-order valence-corrected chi connectivity index (χ3v) is 2.24. The van der Waals surface area contributed by atoms with Crippen molar-refractivity contribution in [3.05, 3.63) is 12.2 Å². The standard InChI is InChI=1S/C9H15BrO2/c1-3-4-5-8(10)6-7-9(11)12-2/h6-8H,3-5H2,1-2H3. The average Bonchev–Trinajstić information content (AvgIpc) is 2.10. The van der Waals surface area contributed by atoms with Gasteiger partial charge in [-0.25, -0.2) is 4.79 Å². The van der Waals surface area contributed by atoms with Crippen LogP contribution in [0.25, 0.3) is 0 Å². The zero-order valence-electron chi connectivity index (χ0n) is 7.55. The van der Waals surface area contributed by atoms with Gasteiger partial charge in [-0.1, -0.05) is 41.8 Å². The molecule has 0 bridgehead atoms. The third-order valence-electron chi connectivity index (χ3n) is 1.48. The highest BCUT2D eigenvalue weighted by Crippen LogP contribution is 2.10. The zero-order chi connectivity index (χ0) is 9.40. The molecule has 0 aliphatic carbocycles. The lowest BCUT2D eigenvalue weighted by Gasteiger charge is -2.01. The van der Waals surface area contributed by atoms with E-state index in [1.807, 2.05) is 6.08 Å². The largest absolute Gasteiger partial charge is 0.466 e. The summed E-state index contributed by atoms with van der Waals surface area (Å²) in [4.78, 5) is 10.9. The lowest BCUT2D eigenvalue weighted by molar-refractivity contribution is -0.134. The van der Waals surface area contributed by atoms with Crippen molar-refractivity contribution in [3.8, 4) is 0 Å². The van der Waals surface area contributed by atoms with Crippen molar-refractivity contribution in [3.63, 3.8) is 0 Å². The number of allylic oxidation sites excluding steroid dienone is 1. The van der Waals surface area contributed by atoms with Crippen LogP contribution in [0.4, 0.5) is 0 Å². The molecule has 0 N–H and O–H groups in total. The summed E-state index contributed by atoms with van der Waals surface area (Å²) in [5.74, 6) is -0.295. The van der Waals surface area contributed by atoms with Gasteiger partial charge in [-0.05, 0) is 6.42 Å². The molecule has 1 atom stereocenters. The van der Waals surface area contributed by atoms with Gasteiger partial charge in [-0.3, -0.25) is 0 Å². The Bertz CT molecular complexity index is 155. The number of rotatable bonds is 5. The molecule has 0 saturated carbocycles. The summed E-state index contributed by atoms with van der Waals surface area (Å²) in [6, 6.07) is 0. The quantitative estimate of drug-likeness (QED) is 0.416. The minimum atomic E-state index is -0.295. The van der Waals surface area contributed by atoms with Crippen LogP contribution in [0.15, 0.2) is 12.2 Å². The van der Waals surface area contributed by atoms with E-state index >= 15 is 0 Å². The molecule has 0 aliphatic rings. The molecule has 0 heterocycles. The fourth-order valence-electron chi connectivity index (χ4n) is 0.746. The Labute approximate surface area is 82.1 Å². The van der Waals surface area contributed by atoms with Crippen molar-refractivity contribution in [2.24, 2.45) is 0 Å². The number of unbranched alkanes of at least 4 members (excludes halogenated alkanes) is 1. The SMILES string of the molecule is CCCCC(Br)C=CC(=O)OC. The summed E-state index contributed by atoms with van der Waals surface area (Å²) in [5, 5.41) is 0. The van der Waals surface area contributed by atoms with Crippen LogP contribution in [-0.2, 0) is 9.53 Å². The highest BCUT2D eigenvalue weighted by atomic mass is 79.9. The Morgan fingerprint density at radius 2 is 2.33 bits per heavy atom. The van der Waals surface area contributed by atoms with Crippen LogP contribution in [0.1, 0.15) is 26.2 Å². The molecule has 0 radical (unpaired) electrons. The van der Waals surface area contributed by atoms with E-state index in [-0.39, 0.29) is 10.8 Å². The monoisotopic (exact) mass is 234 g/mol. The molecule has 0 fully saturated rings. The molecular formula is C9H15BrO2. The Morgan fingerprint density at radius 3 is 2.83 bits per heavy atom. The minimum absolute atomic E-state index is 0.288. The number of methoxy groups -OCH3 is 1. The van der Waals surface area contributed by atoms with Gasteiger partial charge in [0.15, 0.2) is 0 Å². The first-order valence-electron chi connectivity index (χ1n) is 4.11. The second-order valence-corrected chi connectivity index (χ2v) is 3.72. The lowest BCUT2D eigenvalue weighted by atomic mass is 10.2. The van der Waals surface area contributed by atoms with Gasteiger partial charge < -0.3 is 4.74 Å². The summed E-state index contributed by atoms with van der Waals surface area (Å²) in [6.07, 6.45) is 6.68. The number of halogens is 1. The highest BCUT2D eigenvalue weighted by molar-refractivity contribution is 9.09. The molecule has 0 amide bonds. The van der Waals surface area contributed by atoms with E-state index in [0.29, 0.717) is 0 Å². The summed E-state index contributed by atoms with van der Waals surface area (Å²) in [5.41, 5.74) is 0. The van der Waals surface area contributed by atoms with Crippen LogP contribution >= 0.6 is 15.9 Å². The number of hydrogen-bond acceptors (Lipinski definition) is 2. The van der Waals surface area contributed by atoms with Crippen molar-refractivity contribution < 1.29 is 9.53 Å². The van der Waals surface area contributed by atoms with Crippen molar-refractivity contribution >= 4 is 21.9 Å². The van der Waals surface area contributed by atoms with Crippen molar-refractivity contribution in [1.82, 2.24) is 0 Å². The first kappa shape index (κ1) is 11.7. The normalized spacial score (nSPS) is 13.2. The van der Waals surface area contributed by atoms with Gasteiger partial charge in [-0.15, -0.1) is 0 Å². The van der Waals surface area contributed by atoms with Crippen LogP contribution < -0.4 is 0 Å². The maximum Gasteiger partial charge on any atom is 0.330 e.